The Labute approximate surface area is 189 Å². The summed E-state index contributed by atoms with van der Waals surface area (Å²) in [5, 5.41) is 2.94. The molecule has 1 N–H and O–H groups in total. The first-order valence-electron chi connectivity index (χ1n) is 9.79. The maximum Gasteiger partial charge on any atom is 0.255 e. The fraction of sp³-hybridized carbons (Fsp3) is 0.167. The van der Waals surface area contributed by atoms with Gasteiger partial charge < -0.3 is 14.8 Å². The van der Waals surface area contributed by atoms with Gasteiger partial charge in [-0.3, -0.25) is 4.79 Å². The number of ether oxygens (including phenoxy) is 2. The molecule has 0 aliphatic carbocycles. The first-order chi connectivity index (χ1) is 15.1. The Hall–Kier alpha value is -3.03. The molecule has 0 aliphatic rings. The van der Waals surface area contributed by atoms with Crippen molar-refractivity contribution < 1.29 is 14.3 Å². The summed E-state index contributed by atoms with van der Waals surface area (Å²) in [5.74, 6) is 2.26. The number of thioether (sulfide) groups is 1. The van der Waals surface area contributed by atoms with Gasteiger partial charge in [0.15, 0.2) is 4.34 Å². The Morgan fingerprint density at radius 3 is 2.52 bits per heavy atom. The molecule has 0 atom stereocenters. The summed E-state index contributed by atoms with van der Waals surface area (Å²) in [6, 6.07) is 20.9. The SMILES string of the molecule is COc1ccc(C(=O)Nc2ccc3nc(SCCOc4ccc(C)cc4)sc3c2)cc1. The lowest BCUT2D eigenvalue weighted by atomic mass is 10.2. The van der Waals surface area contributed by atoms with Gasteiger partial charge in [0.25, 0.3) is 5.91 Å². The molecule has 0 fully saturated rings. The van der Waals surface area contributed by atoms with Crippen LogP contribution in [-0.4, -0.2) is 30.4 Å². The maximum absolute atomic E-state index is 12.5. The van der Waals surface area contributed by atoms with E-state index >= 15 is 0 Å². The number of fused-ring (bicyclic) bond motifs is 1. The minimum Gasteiger partial charge on any atom is -0.497 e. The molecule has 0 aliphatic heterocycles. The van der Waals surface area contributed by atoms with E-state index in [9.17, 15) is 4.79 Å². The molecule has 7 heteroatoms. The van der Waals surface area contributed by atoms with Gasteiger partial charge in [0.05, 0.1) is 23.9 Å². The van der Waals surface area contributed by atoms with Crippen molar-refractivity contribution in [3.05, 3.63) is 77.9 Å². The molecule has 0 spiro atoms. The number of methoxy groups -OCH3 is 1. The van der Waals surface area contributed by atoms with Gasteiger partial charge in [-0.15, -0.1) is 11.3 Å². The van der Waals surface area contributed by atoms with Crippen molar-refractivity contribution in [3.8, 4) is 11.5 Å². The number of thiazole rings is 1. The first-order valence-corrected chi connectivity index (χ1v) is 11.6. The second kappa shape index (κ2) is 9.85. The average Bonchev–Trinajstić information content (AvgIpc) is 3.20. The van der Waals surface area contributed by atoms with Gasteiger partial charge in [0.2, 0.25) is 0 Å². The maximum atomic E-state index is 12.5. The van der Waals surface area contributed by atoms with E-state index < -0.39 is 0 Å². The zero-order valence-electron chi connectivity index (χ0n) is 17.3. The Morgan fingerprint density at radius 1 is 1.03 bits per heavy atom. The molecule has 0 saturated carbocycles. The van der Waals surface area contributed by atoms with Crippen molar-refractivity contribution in [2.45, 2.75) is 11.3 Å². The van der Waals surface area contributed by atoms with E-state index in [0.717, 1.165) is 37.5 Å². The normalized spacial score (nSPS) is 10.8. The van der Waals surface area contributed by atoms with Crippen molar-refractivity contribution in [3.63, 3.8) is 0 Å². The van der Waals surface area contributed by atoms with Crippen LogP contribution in [0.5, 0.6) is 11.5 Å². The Bertz CT molecular complexity index is 1170. The van der Waals surface area contributed by atoms with Crippen LogP contribution in [0.3, 0.4) is 0 Å². The Kier molecular flexibility index (Phi) is 6.74. The summed E-state index contributed by atoms with van der Waals surface area (Å²) in [6.45, 7) is 2.68. The number of aryl methyl sites for hydroxylation is 1. The van der Waals surface area contributed by atoms with Crippen molar-refractivity contribution >= 4 is 44.9 Å². The van der Waals surface area contributed by atoms with Crippen LogP contribution in [0.25, 0.3) is 10.2 Å². The summed E-state index contributed by atoms with van der Waals surface area (Å²) >= 11 is 3.29. The van der Waals surface area contributed by atoms with Gasteiger partial charge >= 0.3 is 0 Å². The third kappa shape index (κ3) is 5.57. The van der Waals surface area contributed by atoms with Crippen LogP contribution in [-0.2, 0) is 0 Å². The standard InChI is InChI=1S/C24H22N2O3S2/c1-16-3-8-20(9-4-16)29-13-14-30-24-26-21-12-7-18(15-22(21)31-24)25-23(27)17-5-10-19(28-2)11-6-17/h3-12,15H,13-14H2,1-2H3,(H,25,27). The largest absolute Gasteiger partial charge is 0.497 e. The van der Waals surface area contributed by atoms with Crippen molar-refractivity contribution in [1.29, 1.82) is 0 Å². The lowest BCUT2D eigenvalue weighted by Gasteiger charge is -2.06. The lowest BCUT2D eigenvalue weighted by Crippen LogP contribution is -2.11. The molecular formula is C24H22N2O3S2. The average molecular weight is 451 g/mol. The predicted octanol–water partition coefficient (Wildman–Crippen LogP) is 6.04. The summed E-state index contributed by atoms with van der Waals surface area (Å²) < 4.78 is 12.9. The van der Waals surface area contributed by atoms with Crippen molar-refractivity contribution in [1.82, 2.24) is 4.98 Å². The molecule has 158 valence electrons. The topological polar surface area (TPSA) is 60.5 Å². The number of aromatic nitrogens is 1. The predicted molar refractivity (Wildman–Crippen MR) is 128 cm³/mol. The van der Waals surface area contributed by atoms with Gasteiger partial charge in [-0.1, -0.05) is 29.5 Å². The zero-order valence-corrected chi connectivity index (χ0v) is 18.9. The fourth-order valence-corrected chi connectivity index (χ4v) is 4.91. The van der Waals surface area contributed by atoms with Crippen LogP contribution in [0, 0.1) is 6.92 Å². The summed E-state index contributed by atoms with van der Waals surface area (Å²) in [5.41, 5.74) is 3.47. The third-order valence-corrected chi connectivity index (χ3v) is 6.70. The van der Waals surface area contributed by atoms with E-state index in [2.05, 4.69) is 17.2 Å². The molecule has 3 aromatic carbocycles. The second-order valence-corrected chi connectivity index (χ2v) is 9.23. The van der Waals surface area contributed by atoms with Crippen LogP contribution in [0.2, 0.25) is 0 Å². The molecule has 4 aromatic rings. The molecular weight excluding hydrogens is 428 g/mol. The van der Waals surface area contributed by atoms with E-state index in [1.54, 1.807) is 54.5 Å². The lowest BCUT2D eigenvalue weighted by molar-refractivity contribution is 0.102. The van der Waals surface area contributed by atoms with E-state index in [1.165, 1.54) is 5.56 Å². The van der Waals surface area contributed by atoms with Crippen LogP contribution in [0.4, 0.5) is 5.69 Å². The van der Waals surface area contributed by atoms with E-state index in [1.807, 2.05) is 42.5 Å². The van der Waals surface area contributed by atoms with Crippen LogP contribution >= 0.6 is 23.1 Å². The highest BCUT2D eigenvalue weighted by molar-refractivity contribution is 8.01. The molecule has 31 heavy (non-hydrogen) atoms. The monoisotopic (exact) mass is 450 g/mol. The molecule has 0 unspecified atom stereocenters. The second-order valence-electron chi connectivity index (χ2n) is 6.85. The number of carbonyl (C=O) groups is 1. The van der Waals surface area contributed by atoms with Gasteiger partial charge in [-0.25, -0.2) is 4.98 Å². The highest BCUT2D eigenvalue weighted by Gasteiger charge is 2.09. The smallest absolute Gasteiger partial charge is 0.255 e. The molecule has 0 radical (unpaired) electrons. The van der Waals surface area contributed by atoms with Crippen molar-refractivity contribution in [2.24, 2.45) is 0 Å². The number of hydrogen-bond donors (Lipinski definition) is 1. The van der Waals surface area contributed by atoms with E-state index in [0.29, 0.717) is 12.2 Å². The van der Waals surface area contributed by atoms with Gasteiger partial charge in [-0.2, -0.15) is 0 Å². The number of rotatable bonds is 8. The molecule has 1 heterocycles. The zero-order chi connectivity index (χ0) is 21.6. The summed E-state index contributed by atoms with van der Waals surface area (Å²) in [4.78, 5) is 17.1. The number of benzene rings is 3. The molecule has 5 nitrogen and oxygen atoms in total. The number of nitrogens with zero attached hydrogens (tertiary/aromatic N) is 1. The van der Waals surface area contributed by atoms with Gasteiger partial charge in [0, 0.05) is 17.0 Å². The summed E-state index contributed by atoms with van der Waals surface area (Å²) in [6.07, 6.45) is 0. The van der Waals surface area contributed by atoms with Gasteiger partial charge in [-0.05, 0) is 61.5 Å². The summed E-state index contributed by atoms with van der Waals surface area (Å²) in [7, 11) is 1.60. The quantitative estimate of drug-likeness (QED) is 0.262. The first kappa shape index (κ1) is 21.2. The number of nitrogens with one attached hydrogen (secondary N) is 1. The number of anilines is 1. The molecule has 1 amide bonds. The number of hydrogen-bond acceptors (Lipinski definition) is 6. The van der Waals surface area contributed by atoms with Crippen LogP contribution in [0.1, 0.15) is 15.9 Å². The van der Waals surface area contributed by atoms with Gasteiger partial charge in [0.1, 0.15) is 11.5 Å². The number of amides is 1. The molecule has 1 aromatic heterocycles. The Morgan fingerprint density at radius 2 is 1.77 bits per heavy atom. The molecule has 0 saturated heterocycles. The van der Waals surface area contributed by atoms with E-state index in [4.69, 9.17) is 9.47 Å². The third-order valence-electron chi connectivity index (χ3n) is 4.58. The van der Waals surface area contributed by atoms with E-state index in [-0.39, 0.29) is 5.91 Å². The Balaban J connectivity index is 1.33. The van der Waals surface area contributed by atoms with Crippen molar-refractivity contribution in [2.75, 3.05) is 24.8 Å². The van der Waals surface area contributed by atoms with Crippen LogP contribution < -0.4 is 14.8 Å². The molecule has 4 rings (SSSR count). The highest BCUT2D eigenvalue weighted by Crippen LogP contribution is 2.31. The number of carbonyl (C=O) groups excluding carboxylic acids is 1. The fourth-order valence-electron chi connectivity index (χ4n) is 2.91. The minimum atomic E-state index is -0.158. The highest BCUT2D eigenvalue weighted by atomic mass is 32.2. The minimum absolute atomic E-state index is 0.158. The van der Waals surface area contributed by atoms with Crippen LogP contribution in [0.15, 0.2) is 71.1 Å². The molecule has 0 bridgehead atoms.